The predicted octanol–water partition coefficient (Wildman–Crippen LogP) is 4.00. The molecule has 0 saturated heterocycles. The Morgan fingerprint density at radius 2 is 2.12 bits per heavy atom. The van der Waals surface area contributed by atoms with Gasteiger partial charge in [0.2, 0.25) is 0 Å². The fourth-order valence-electron chi connectivity index (χ4n) is 2.78. The normalized spacial score (nSPS) is 10.8. The van der Waals surface area contributed by atoms with Gasteiger partial charge >= 0.3 is 5.97 Å². The molecular formula is C18H19N3O2S. The number of thiazole rings is 1. The third kappa shape index (κ3) is 2.85. The van der Waals surface area contributed by atoms with Crippen LogP contribution in [0, 0.1) is 13.8 Å². The molecular weight excluding hydrogens is 322 g/mol. The zero-order chi connectivity index (χ0) is 17.3. The summed E-state index contributed by atoms with van der Waals surface area (Å²) in [5, 5.41) is 7.30. The van der Waals surface area contributed by atoms with E-state index in [4.69, 9.17) is 4.74 Å². The van der Waals surface area contributed by atoms with E-state index in [1.165, 1.54) is 0 Å². The van der Waals surface area contributed by atoms with Crippen molar-refractivity contribution in [3.8, 4) is 21.8 Å². The molecule has 0 aliphatic rings. The Bertz CT molecular complexity index is 882. The number of hydrogen-bond donors (Lipinski definition) is 0. The summed E-state index contributed by atoms with van der Waals surface area (Å²) >= 11 is 1.60. The van der Waals surface area contributed by atoms with Crippen molar-refractivity contribution in [2.45, 2.75) is 20.8 Å². The third-order valence-corrected chi connectivity index (χ3v) is 4.75. The highest BCUT2D eigenvalue weighted by molar-refractivity contribution is 7.13. The van der Waals surface area contributed by atoms with E-state index in [9.17, 15) is 4.79 Å². The number of aromatic nitrogens is 3. The van der Waals surface area contributed by atoms with Crippen molar-refractivity contribution in [1.29, 1.82) is 0 Å². The third-order valence-electron chi connectivity index (χ3n) is 3.92. The lowest BCUT2D eigenvalue weighted by Gasteiger charge is -2.10. The van der Waals surface area contributed by atoms with Gasteiger partial charge in [0, 0.05) is 35.3 Å². The Hall–Kier alpha value is -2.47. The number of rotatable bonds is 4. The molecule has 0 fully saturated rings. The molecule has 124 valence electrons. The summed E-state index contributed by atoms with van der Waals surface area (Å²) in [6.07, 6.45) is 1.80. The van der Waals surface area contributed by atoms with E-state index in [1.54, 1.807) is 29.1 Å². The van der Waals surface area contributed by atoms with Crippen LogP contribution < -0.4 is 0 Å². The number of hydrogen-bond acceptors (Lipinski definition) is 5. The van der Waals surface area contributed by atoms with Crippen LogP contribution in [0.25, 0.3) is 21.8 Å². The van der Waals surface area contributed by atoms with Gasteiger partial charge in [-0.3, -0.25) is 4.68 Å². The average Bonchev–Trinajstić information content (AvgIpc) is 3.17. The maximum Gasteiger partial charge on any atom is 0.359 e. The molecule has 6 heteroatoms. The lowest BCUT2D eigenvalue weighted by molar-refractivity contribution is 0.0518. The van der Waals surface area contributed by atoms with Crippen molar-refractivity contribution in [2.75, 3.05) is 6.61 Å². The summed E-state index contributed by atoms with van der Waals surface area (Å²) in [4.78, 5) is 16.5. The smallest absolute Gasteiger partial charge is 0.359 e. The second-order valence-corrected chi connectivity index (χ2v) is 6.43. The second-order valence-electron chi connectivity index (χ2n) is 5.53. The molecule has 0 spiro atoms. The van der Waals surface area contributed by atoms with Gasteiger partial charge in [-0.2, -0.15) is 5.10 Å². The van der Waals surface area contributed by atoms with E-state index in [-0.39, 0.29) is 5.97 Å². The van der Waals surface area contributed by atoms with Crippen LogP contribution in [0.1, 0.15) is 28.5 Å². The molecule has 0 radical (unpaired) electrons. The molecule has 5 nitrogen and oxygen atoms in total. The Morgan fingerprint density at radius 1 is 1.33 bits per heavy atom. The van der Waals surface area contributed by atoms with Gasteiger partial charge in [0.15, 0.2) is 5.69 Å². The number of aryl methyl sites for hydroxylation is 2. The van der Waals surface area contributed by atoms with E-state index in [1.807, 2.05) is 19.4 Å². The Morgan fingerprint density at radius 3 is 2.79 bits per heavy atom. The van der Waals surface area contributed by atoms with Crippen LogP contribution in [-0.2, 0) is 11.8 Å². The molecule has 2 aromatic heterocycles. The molecule has 0 N–H and O–H groups in total. The van der Waals surface area contributed by atoms with Gasteiger partial charge in [0.05, 0.1) is 12.3 Å². The van der Waals surface area contributed by atoms with E-state index < -0.39 is 0 Å². The van der Waals surface area contributed by atoms with E-state index in [0.29, 0.717) is 12.3 Å². The molecule has 2 heterocycles. The monoisotopic (exact) mass is 341 g/mol. The van der Waals surface area contributed by atoms with Gasteiger partial charge in [0.25, 0.3) is 0 Å². The second kappa shape index (κ2) is 6.57. The Kier molecular flexibility index (Phi) is 4.49. The number of benzene rings is 1. The van der Waals surface area contributed by atoms with Crippen LogP contribution >= 0.6 is 11.3 Å². The highest BCUT2D eigenvalue weighted by Crippen LogP contribution is 2.33. The van der Waals surface area contributed by atoms with Gasteiger partial charge in [-0.05, 0) is 32.4 Å². The van der Waals surface area contributed by atoms with Crippen LogP contribution in [0.2, 0.25) is 0 Å². The van der Waals surface area contributed by atoms with Crippen LogP contribution in [-0.4, -0.2) is 27.3 Å². The van der Waals surface area contributed by atoms with Crippen molar-refractivity contribution in [1.82, 2.24) is 14.8 Å². The maximum atomic E-state index is 12.1. The highest BCUT2D eigenvalue weighted by Gasteiger charge is 2.22. The molecule has 0 bridgehead atoms. The van der Waals surface area contributed by atoms with Crippen molar-refractivity contribution in [3.63, 3.8) is 0 Å². The summed E-state index contributed by atoms with van der Waals surface area (Å²) in [5.41, 5.74) is 5.35. The zero-order valence-electron chi connectivity index (χ0n) is 14.2. The maximum absolute atomic E-state index is 12.1. The van der Waals surface area contributed by atoms with Gasteiger partial charge in [-0.15, -0.1) is 11.3 Å². The SMILES string of the molecule is CCOC(=O)c1nn(C)c(-c2cc(-c3nccs3)ccc2C)c1C. The van der Waals surface area contributed by atoms with E-state index in [2.05, 4.69) is 35.2 Å². The molecule has 0 amide bonds. The number of nitrogens with zero attached hydrogens (tertiary/aromatic N) is 3. The van der Waals surface area contributed by atoms with Crippen LogP contribution in [0.4, 0.5) is 0 Å². The first-order valence-corrected chi connectivity index (χ1v) is 8.62. The van der Waals surface area contributed by atoms with Crippen LogP contribution in [0.5, 0.6) is 0 Å². The van der Waals surface area contributed by atoms with Crippen LogP contribution in [0.15, 0.2) is 29.8 Å². The van der Waals surface area contributed by atoms with Gasteiger partial charge in [-0.1, -0.05) is 12.1 Å². The topological polar surface area (TPSA) is 57.0 Å². The first-order valence-electron chi connectivity index (χ1n) is 7.74. The van der Waals surface area contributed by atoms with Crippen molar-refractivity contribution in [2.24, 2.45) is 7.05 Å². The first kappa shape index (κ1) is 16.4. The lowest BCUT2D eigenvalue weighted by Crippen LogP contribution is -2.07. The summed E-state index contributed by atoms with van der Waals surface area (Å²) in [6, 6.07) is 6.24. The lowest BCUT2D eigenvalue weighted by atomic mass is 9.99. The zero-order valence-corrected chi connectivity index (χ0v) is 15.0. The minimum Gasteiger partial charge on any atom is -0.461 e. The molecule has 1 aromatic carbocycles. The van der Waals surface area contributed by atoms with Gasteiger partial charge in [0.1, 0.15) is 5.01 Å². The average molecular weight is 341 g/mol. The fraction of sp³-hybridized carbons (Fsp3) is 0.278. The predicted molar refractivity (Wildman–Crippen MR) is 95.2 cm³/mol. The Labute approximate surface area is 144 Å². The van der Waals surface area contributed by atoms with Gasteiger partial charge < -0.3 is 4.74 Å². The standard InChI is InChI=1S/C18H19N3O2S/c1-5-23-18(22)15-12(3)16(21(4)20-15)14-10-13(7-6-11(14)2)17-19-8-9-24-17/h6-10H,5H2,1-4H3. The summed E-state index contributed by atoms with van der Waals surface area (Å²) in [7, 11) is 1.85. The molecule has 3 rings (SSSR count). The van der Waals surface area contributed by atoms with Crippen molar-refractivity contribution < 1.29 is 9.53 Å². The summed E-state index contributed by atoms with van der Waals surface area (Å²) in [5.74, 6) is -0.384. The van der Waals surface area contributed by atoms with Gasteiger partial charge in [-0.25, -0.2) is 9.78 Å². The molecule has 3 aromatic rings. The van der Waals surface area contributed by atoms with E-state index in [0.717, 1.165) is 33.0 Å². The fourth-order valence-corrected chi connectivity index (χ4v) is 3.41. The number of carbonyl (C=O) groups excluding carboxylic acids is 1. The molecule has 0 aliphatic carbocycles. The molecule has 24 heavy (non-hydrogen) atoms. The largest absolute Gasteiger partial charge is 0.461 e. The number of esters is 1. The van der Waals surface area contributed by atoms with Crippen LogP contribution in [0.3, 0.4) is 0 Å². The number of carbonyl (C=O) groups is 1. The molecule has 0 atom stereocenters. The summed E-state index contributed by atoms with van der Waals surface area (Å²) < 4.78 is 6.85. The van der Waals surface area contributed by atoms with Crippen molar-refractivity contribution >= 4 is 17.3 Å². The minimum atomic E-state index is -0.384. The highest BCUT2D eigenvalue weighted by atomic mass is 32.1. The summed E-state index contributed by atoms with van der Waals surface area (Å²) in [6.45, 7) is 6.09. The number of ether oxygens (including phenoxy) is 1. The molecule has 0 unspecified atom stereocenters. The quantitative estimate of drug-likeness (QED) is 0.673. The van der Waals surface area contributed by atoms with E-state index >= 15 is 0 Å². The Balaban J connectivity index is 2.12. The molecule has 0 aliphatic heterocycles. The first-order chi connectivity index (χ1) is 11.5. The molecule has 0 saturated carbocycles. The van der Waals surface area contributed by atoms with Crippen molar-refractivity contribution in [3.05, 3.63) is 46.6 Å². The minimum absolute atomic E-state index is 0.336.